The second-order valence-electron chi connectivity index (χ2n) is 7.11. The predicted octanol–water partition coefficient (Wildman–Crippen LogP) is 4.82. The molecule has 0 bridgehead atoms. The van der Waals surface area contributed by atoms with Crippen molar-refractivity contribution in [3.8, 4) is 0 Å². The summed E-state index contributed by atoms with van der Waals surface area (Å²) in [5.74, 6) is 3.32. The van der Waals surface area contributed by atoms with Crippen LogP contribution in [0.15, 0.2) is 0 Å². The van der Waals surface area contributed by atoms with Crippen LogP contribution in [0.1, 0.15) is 67.3 Å². The maximum Gasteiger partial charge on any atom is 0.107 e. The van der Waals surface area contributed by atoms with E-state index in [1.807, 2.05) is 11.3 Å². The molecule has 1 saturated heterocycles. The Balaban J connectivity index is 1.79. The van der Waals surface area contributed by atoms with Gasteiger partial charge in [0.15, 0.2) is 0 Å². The van der Waals surface area contributed by atoms with Crippen LogP contribution in [0.2, 0.25) is 0 Å². The second kappa shape index (κ2) is 6.42. The number of aromatic nitrogens is 1. The summed E-state index contributed by atoms with van der Waals surface area (Å²) < 4.78 is 0. The standard InChI is InChI=1S/C16H26N2S3/c1-10-14(20-8-7-19-10)15-18-13(11-5-6-11)12(21-15)9-17-16(2,3)4/h10-11,14,17H,5-9H2,1-4H3. The molecule has 1 aromatic heterocycles. The Kier molecular flexibility index (Phi) is 4.94. The molecule has 2 heterocycles. The smallest absolute Gasteiger partial charge is 0.107 e. The number of nitrogens with one attached hydrogen (secondary N) is 1. The van der Waals surface area contributed by atoms with Crippen molar-refractivity contribution in [1.82, 2.24) is 10.3 Å². The van der Waals surface area contributed by atoms with Crippen LogP contribution in [-0.4, -0.2) is 27.3 Å². The molecule has 1 N–H and O–H groups in total. The van der Waals surface area contributed by atoms with E-state index in [2.05, 4.69) is 56.5 Å². The van der Waals surface area contributed by atoms with E-state index >= 15 is 0 Å². The summed E-state index contributed by atoms with van der Waals surface area (Å²) in [5.41, 5.74) is 1.59. The number of nitrogens with zero attached hydrogens (tertiary/aromatic N) is 1. The van der Waals surface area contributed by atoms with Crippen molar-refractivity contribution in [2.75, 3.05) is 11.5 Å². The summed E-state index contributed by atoms with van der Waals surface area (Å²) in [5, 5.41) is 6.33. The Labute approximate surface area is 141 Å². The molecule has 2 fully saturated rings. The molecular weight excluding hydrogens is 316 g/mol. The van der Waals surface area contributed by atoms with E-state index in [9.17, 15) is 0 Å². The van der Waals surface area contributed by atoms with E-state index in [0.717, 1.165) is 12.5 Å². The molecule has 0 spiro atoms. The van der Waals surface area contributed by atoms with Gasteiger partial charge in [-0.05, 0) is 33.6 Å². The summed E-state index contributed by atoms with van der Waals surface area (Å²) in [6.07, 6.45) is 2.68. The molecule has 0 aromatic carbocycles. The van der Waals surface area contributed by atoms with Crippen LogP contribution in [0.3, 0.4) is 0 Å². The van der Waals surface area contributed by atoms with E-state index in [0.29, 0.717) is 10.5 Å². The third kappa shape index (κ3) is 4.18. The van der Waals surface area contributed by atoms with Gasteiger partial charge in [-0.3, -0.25) is 0 Å². The monoisotopic (exact) mass is 342 g/mol. The van der Waals surface area contributed by atoms with Gasteiger partial charge in [0.05, 0.1) is 10.9 Å². The van der Waals surface area contributed by atoms with Gasteiger partial charge in [-0.15, -0.1) is 23.1 Å². The molecule has 118 valence electrons. The molecule has 2 aliphatic rings. The van der Waals surface area contributed by atoms with Crippen LogP contribution in [0.5, 0.6) is 0 Å². The van der Waals surface area contributed by atoms with Crippen molar-refractivity contribution in [2.24, 2.45) is 0 Å². The van der Waals surface area contributed by atoms with Crippen molar-refractivity contribution < 1.29 is 0 Å². The fraction of sp³-hybridized carbons (Fsp3) is 0.812. The molecule has 3 rings (SSSR count). The number of rotatable bonds is 4. The van der Waals surface area contributed by atoms with Crippen molar-refractivity contribution >= 4 is 34.9 Å². The highest BCUT2D eigenvalue weighted by Crippen LogP contribution is 2.48. The van der Waals surface area contributed by atoms with E-state index < -0.39 is 0 Å². The lowest BCUT2D eigenvalue weighted by molar-refractivity contribution is 0.425. The Hall–Kier alpha value is 0.290. The first kappa shape index (κ1) is 16.2. The minimum atomic E-state index is 0.174. The van der Waals surface area contributed by atoms with Crippen molar-refractivity contribution in [3.63, 3.8) is 0 Å². The average Bonchev–Trinajstić information content (AvgIpc) is 3.17. The molecule has 1 saturated carbocycles. The van der Waals surface area contributed by atoms with Crippen molar-refractivity contribution in [2.45, 2.75) is 69.0 Å². The number of hydrogen-bond acceptors (Lipinski definition) is 5. The molecule has 1 aliphatic heterocycles. The maximum atomic E-state index is 5.09. The van der Waals surface area contributed by atoms with E-state index in [1.54, 1.807) is 0 Å². The van der Waals surface area contributed by atoms with Gasteiger partial charge < -0.3 is 5.32 Å². The van der Waals surface area contributed by atoms with Crippen molar-refractivity contribution in [1.29, 1.82) is 0 Å². The minimum absolute atomic E-state index is 0.174. The van der Waals surface area contributed by atoms with Crippen LogP contribution in [0, 0.1) is 0 Å². The summed E-state index contributed by atoms with van der Waals surface area (Å²) >= 11 is 6.19. The lowest BCUT2D eigenvalue weighted by atomic mass is 10.1. The summed E-state index contributed by atoms with van der Waals surface area (Å²) in [6, 6.07) is 0. The average molecular weight is 343 g/mol. The topological polar surface area (TPSA) is 24.9 Å². The quantitative estimate of drug-likeness (QED) is 0.848. The normalized spacial score (nSPS) is 27.0. The molecule has 0 radical (unpaired) electrons. The third-order valence-corrected chi connectivity index (χ3v) is 8.32. The molecule has 1 aliphatic carbocycles. The third-order valence-electron chi connectivity index (χ3n) is 3.92. The van der Waals surface area contributed by atoms with Crippen LogP contribution >= 0.6 is 34.9 Å². The Bertz CT molecular complexity index is 488. The van der Waals surface area contributed by atoms with Gasteiger partial charge in [0.1, 0.15) is 5.01 Å². The Morgan fingerprint density at radius 1 is 1.19 bits per heavy atom. The fourth-order valence-electron chi connectivity index (χ4n) is 2.56. The first-order valence-corrected chi connectivity index (χ1v) is 10.8. The highest BCUT2D eigenvalue weighted by Gasteiger charge is 2.33. The molecule has 2 unspecified atom stereocenters. The van der Waals surface area contributed by atoms with Gasteiger partial charge in [-0.2, -0.15) is 11.8 Å². The van der Waals surface area contributed by atoms with E-state index in [-0.39, 0.29) is 5.54 Å². The van der Waals surface area contributed by atoms with Gasteiger partial charge in [-0.25, -0.2) is 4.98 Å². The zero-order valence-electron chi connectivity index (χ0n) is 13.4. The first-order chi connectivity index (χ1) is 9.94. The molecular formula is C16H26N2S3. The van der Waals surface area contributed by atoms with Crippen LogP contribution in [-0.2, 0) is 6.54 Å². The van der Waals surface area contributed by atoms with Gasteiger partial charge in [0, 0.05) is 39.6 Å². The number of thiazole rings is 1. The van der Waals surface area contributed by atoms with Gasteiger partial charge in [-0.1, -0.05) is 6.92 Å². The maximum absolute atomic E-state index is 5.09. The van der Waals surface area contributed by atoms with E-state index in [1.165, 1.54) is 39.9 Å². The van der Waals surface area contributed by atoms with E-state index in [4.69, 9.17) is 4.98 Å². The minimum Gasteiger partial charge on any atom is -0.307 e. The van der Waals surface area contributed by atoms with Gasteiger partial charge in [0.2, 0.25) is 0 Å². The lowest BCUT2D eigenvalue weighted by Gasteiger charge is -2.26. The molecule has 0 amide bonds. The summed E-state index contributed by atoms with van der Waals surface area (Å²) in [7, 11) is 0. The number of thioether (sulfide) groups is 2. The summed E-state index contributed by atoms with van der Waals surface area (Å²) in [6.45, 7) is 10.1. The van der Waals surface area contributed by atoms with Crippen LogP contribution in [0.25, 0.3) is 0 Å². The van der Waals surface area contributed by atoms with Crippen LogP contribution in [0.4, 0.5) is 0 Å². The van der Waals surface area contributed by atoms with Gasteiger partial charge >= 0.3 is 0 Å². The Morgan fingerprint density at radius 2 is 1.90 bits per heavy atom. The fourth-order valence-corrected chi connectivity index (χ4v) is 6.81. The SMILES string of the molecule is CC1SCCSC1c1nc(C2CC2)c(CNC(C)(C)C)s1. The second-order valence-corrected chi connectivity index (χ2v) is 11.0. The lowest BCUT2D eigenvalue weighted by Crippen LogP contribution is -2.35. The molecule has 2 nitrogen and oxygen atoms in total. The zero-order chi connectivity index (χ0) is 15.0. The molecule has 1 aromatic rings. The largest absolute Gasteiger partial charge is 0.307 e. The number of hydrogen-bond donors (Lipinski definition) is 1. The van der Waals surface area contributed by atoms with Crippen LogP contribution < -0.4 is 5.32 Å². The highest BCUT2D eigenvalue weighted by molar-refractivity contribution is 8.06. The molecule has 5 heteroatoms. The highest BCUT2D eigenvalue weighted by atomic mass is 32.2. The first-order valence-electron chi connectivity index (χ1n) is 7.92. The van der Waals surface area contributed by atoms with Crippen molar-refractivity contribution in [3.05, 3.63) is 15.6 Å². The van der Waals surface area contributed by atoms with Gasteiger partial charge in [0.25, 0.3) is 0 Å². The molecule has 2 atom stereocenters. The molecule has 21 heavy (non-hydrogen) atoms. The Morgan fingerprint density at radius 3 is 2.52 bits per heavy atom. The predicted molar refractivity (Wildman–Crippen MR) is 97.8 cm³/mol. The zero-order valence-corrected chi connectivity index (χ0v) is 15.9. The summed E-state index contributed by atoms with van der Waals surface area (Å²) in [4.78, 5) is 6.58.